The molecular formula is C33H29N3O3S2. The molecule has 0 unspecified atom stereocenters. The number of non-ortho nitro benzene ring substituents is 1. The first kappa shape index (κ1) is 27.3. The SMILES string of the molecule is CCc1ccc(C2(c3ccc(CC)cc3)S[C@]3(SC(C(C)=O)=NN3c3ccc([N+](=O)[O-])cc3)c3ccccc32)cc1. The molecule has 0 amide bonds. The van der Waals surface area contributed by atoms with Crippen LogP contribution in [0.3, 0.4) is 0 Å². The second-order valence-corrected chi connectivity index (χ2v) is 13.0. The lowest BCUT2D eigenvalue weighted by atomic mass is 9.81. The molecule has 206 valence electrons. The van der Waals surface area contributed by atoms with Gasteiger partial charge in [-0.05, 0) is 52.8 Å². The quantitative estimate of drug-likeness (QED) is 0.163. The number of ketones is 1. The Bertz CT molecular complexity index is 1620. The molecule has 1 spiro atoms. The predicted molar refractivity (Wildman–Crippen MR) is 169 cm³/mol. The third kappa shape index (κ3) is 4.37. The molecule has 0 fully saturated rings. The van der Waals surface area contributed by atoms with Crippen molar-refractivity contribution in [2.45, 2.75) is 42.6 Å². The highest BCUT2D eigenvalue weighted by Gasteiger charge is 2.61. The van der Waals surface area contributed by atoms with Gasteiger partial charge in [0, 0.05) is 24.6 Å². The Balaban J connectivity index is 1.61. The van der Waals surface area contributed by atoms with Crippen LogP contribution >= 0.6 is 23.5 Å². The number of hydrogen-bond acceptors (Lipinski definition) is 7. The molecule has 0 aliphatic carbocycles. The number of thioether (sulfide) groups is 2. The summed E-state index contributed by atoms with van der Waals surface area (Å²) in [6, 6.07) is 32.4. The molecule has 0 radical (unpaired) electrons. The van der Waals surface area contributed by atoms with Gasteiger partial charge in [0.15, 0.2) is 15.0 Å². The molecule has 0 saturated carbocycles. The van der Waals surface area contributed by atoms with Gasteiger partial charge in [-0.25, -0.2) is 5.01 Å². The molecule has 41 heavy (non-hydrogen) atoms. The highest BCUT2D eigenvalue weighted by molar-refractivity contribution is 8.27. The molecule has 4 aromatic rings. The molecule has 8 heteroatoms. The fourth-order valence-corrected chi connectivity index (χ4v) is 9.16. The van der Waals surface area contributed by atoms with Crippen LogP contribution in [0.15, 0.2) is 102 Å². The molecule has 2 aliphatic heterocycles. The third-order valence-corrected chi connectivity index (χ3v) is 11.2. The summed E-state index contributed by atoms with van der Waals surface area (Å²) in [7, 11) is 0. The molecule has 2 aliphatic rings. The van der Waals surface area contributed by atoms with Crippen molar-refractivity contribution in [3.8, 4) is 0 Å². The first-order chi connectivity index (χ1) is 19.8. The minimum Gasteiger partial charge on any atom is -0.292 e. The highest BCUT2D eigenvalue weighted by Crippen LogP contribution is 2.70. The molecule has 0 bridgehead atoms. The highest BCUT2D eigenvalue weighted by atomic mass is 32.2. The Hall–Kier alpha value is -3.88. The summed E-state index contributed by atoms with van der Waals surface area (Å²) in [6.07, 6.45) is 1.90. The summed E-state index contributed by atoms with van der Waals surface area (Å²) in [5.41, 5.74) is 7.70. The topological polar surface area (TPSA) is 75.8 Å². The van der Waals surface area contributed by atoms with Gasteiger partial charge in [0.1, 0.15) is 0 Å². The number of carbonyl (C=O) groups excluding carboxylic acids is 1. The Morgan fingerprint density at radius 2 is 1.37 bits per heavy atom. The maximum absolute atomic E-state index is 12.8. The van der Waals surface area contributed by atoms with Crippen molar-refractivity contribution in [3.05, 3.63) is 141 Å². The molecule has 6 nitrogen and oxygen atoms in total. The molecule has 0 aromatic heterocycles. The van der Waals surface area contributed by atoms with Crippen molar-refractivity contribution in [2.24, 2.45) is 5.10 Å². The van der Waals surface area contributed by atoms with E-state index < -0.39 is 13.9 Å². The number of anilines is 1. The maximum atomic E-state index is 12.8. The molecule has 4 aromatic carbocycles. The molecule has 1 atom stereocenters. The number of Topliss-reactive ketones (excluding diaryl/α,β-unsaturated/α-hetero) is 1. The van der Waals surface area contributed by atoms with Gasteiger partial charge in [-0.15, -0.1) is 0 Å². The fraction of sp³-hybridized carbons (Fsp3) is 0.212. The Morgan fingerprint density at radius 3 is 1.85 bits per heavy atom. The van der Waals surface area contributed by atoms with Crippen LogP contribution in [0.5, 0.6) is 0 Å². The first-order valence-corrected chi connectivity index (χ1v) is 15.3. The van der Waals surface area contributed by atoms with Crippen LogP contribution in [0.25, 0.3) is 0 Å². The second kappa shape index (κ2) is 10.5. The van der Waals surface area contributed by atoms with Crippen molar-refractivity contribution in [3.63, 3.8) is 0 Å². The third-order valence-electron chi connectivity index (χ3n) is 7.79. The Labute approximate surface area is 248 Å². The van der Waals surface area contributed by atoms with Crippen molar-refractivity contribution < 1.29 is 9.72 Å². The number of benzene rings is 4. The number of carbonyl (C=O) groups is 1. The molecule has 0 saturated heterocycles. The number of hydrazone groups is 1. The van der Waals surface area contributed by atoms with Gasteiger partial charge in [0.25, 0.3) is 5.69 Å². The Morgan fingerprint density at radius 1 is 0.829 bits per heavy atom. The van der Waals surface area contributed by atoms with E-state index in [0.29, 0.717) is 10.7 Å². The largest absolute Gasteiger partial charge is 0.292 e. The van der Waals surface area contributed by atoms with Gasteiger partial charge in [-0.3, -0.25) is 14.9 Å². The molecule has 6 rings (SSSR count). The minimum atomic E-state index is -0.819. The zero-order valence-electron chi connectivity index (χ0n) is 23.0. The predicted octanol–water partition coefficient (Wildman–Crippen LogP) is 8.02. The summed E-state index contributed by atoms with van der Waals surface area (Å²) in [5.74, 6) is -0.117. The number of hydrogen-bond donors (Lipinski definition) is 0. The van der Waals surface area contributed by atoms with Crippen LogP contribution < -0.4 is 5.01 Å². The van der Waals surface area contributed by atoms with Crippen molar-refractivity contribution in [1.29, 1.82) is 0 Å². The fourth-order valence-electron chi connectivity index (χ4n) is 5.60. The number of fused-ring (bicyclic) bond motifs is 2. The average Bonchev–Trinajstić information content (AvgIpc) is 3.54. The zero-order chi connectivity index (χ0) is 28.8. The first-order valence-electron chi connectivity index (χ1n) is 13.6. The van der Waals surface area contributed by atoms with E-state index in [1.165, 1.54) is 41.9 Å². The van der Waals surface area contributed by atoms with Gasteiger partial charge in [-0.1, -0.05) is 110 Å². The number of nitrogens with zero attached hydrogens (tertiary/aromatic N) is 3. The van der Waals surface area contributed by atoms with Crippen LogP contribution in [0.2, 0.25) is 0 Å². The lowest BCUT2D eigenvalue weighted by Crippen LogP contribution is -2.34. The molecule has 0 N–H and O–H groups in total. The van der Waals surface area contributed by atoms with Gasteiger partial charge < -0.3 is 0 Å². The van der Waals surface area contributed by atoms with Crippen LogP contribution in [-0.4, -0.2) is 15.8 Å². The van der Waals surface area contributed by atoms with E-state index in [-0.39, 0.29) is 11.5 Å². The lowest BCUT2D eigenvalue weighted by molar-refractivity contribution is -0.384. The smallest absolute Gasteiger partial charge is 0.269 e. The molecule has 2 heterocycles. The summed E-state index contributed by atoms with van der Waals surface area (Å²) >= 11 is 3.20. The van der Waals surface area contributed by atoms with Gasteiger partial charge in [0.2, 0.25) is 0 Å². The van der Waals surface area contributed by atoms with Crippen molar-refractivity contribution >= 4 is 45.7 Å². The molecular weight excluding hydrogens is 551 g/mol. The van der Waals surface area contributed by atoms with E-state index in [1.807, 2.05) is 11.1 Å². The number of nitro benzene ring substituents is 1. The van der Waals surface area contributed by atoms with E-state index in [4.69, 9.17) is 5.10 Å². The normalized spacial score (nSPS) is 18.8. The standard InChI is InChI=1S/C33H29N3O3S2/c1-4-23-10-14-25(15-11-23)32(26-16-12-24(5-2)13-17-26)29-8-6-7-9-30(29)33(41-32)35(34-31(40-33)22(3)37)27-18-20-28(21-19-27)36(38)39/h6-21H,4-5H2,1-3H3/t33-/m1/s1. The van der Waals surface area contributed by atoms with E-state index in [9.17, 15) is 14.9 Å². The Kier molecular flexibility index (Phi) is 6.99. The van der Waals surface area contributed by atoms with Gasteiger partial charge >= 0.3 is 0 Å². The number of nitro groups is 1. The average molecular weight is 580 g/mol. The zero-order valence-corrected chi connectivity index (χ0v) is 24.7. The lowest BCUT2D eigenvalue weighted by Gasteiger charge is -2.37. The van der Waals surface area contributed by atoms with E-state index in [2.05, 4.69) is 80.6 Å². The second-order valence-electron chi connectivity index (χ2n) is 10.2. The number of rotatable bonds is 7. The summed E-state index contributed by atoms with van der Waals surface area (Å²) in [6.45, 7) is 5.84. The monoisotopic (exact) mass is 579 g/mol. The van der Waals surface area contributed by atoms with Gasteiger partial charge in [-0.2, -0.15) is 5.10 Å². The van der Waals surface area contributed by atoms with Crippen LogP contribution in [0.1, 0.15) is 54.2 Å². The van der Waals surface area contributed by atoms with Crippen molar-refractivity contribution in [2.75, 3.05) is 5.01 Å². The van der Waals surface area contributed by atoms with Crippen LogP contribution in [-0.2, 0) is 26.6 Å². The van der Waals surface area contributed by atoms with Gasteiger partial charge in [0.05, 0.1) is 15.4 Å². The maximum Gasteiger partial charge on any atom is 0.269 e. The number of aryl methyl sites for hydroxylation is 2. The summed E-state index contributed by atoms with van der Waals surface area (Å²) < 4.78 is -1.41. The van der Waals surface area contributed by atoms with E-state index in [0.717, 1.165) is 35.1 Å². The van der Waals surface area contributed by atoms with Crippen LogP contribution in [0, 0.1) is 10.1 Å². The summed E-state index contributed by atoms with van der Waals surface area (Å²) in [4.78, 5) is 23.8. The van der Waals surface area contributed by atoms with E-state index in [1.54, 1.807) is 23.9 Å². The van der Waals surface area contributed by atoms with E-state index >= 15 is 0 Å². The summed E-state index contributed by atoms with van der Waals surface area (Å²) in [5, 5.41) is 18.5. The van der Waals surface area contributed by atoms with Crippen molar-refractivity contribution in [1.82, 2.24) is 0 Å². The van der Waals surface area contributed by atoms with Crippen LogP contribution in [0.4, 0.5) is 11.4 Å². The minimum absolute atomic E-state index is 0.00581.